The zero-order valence-electron chi connectivity index (χ0n) is 10.8. The lowest BCUT2D eigenvalue weighted by Crippen LogP contribution is -2.02. The van der Waals surface area contributed by atoms with Gasteiger partial charge in [0.1, 0.15) is 11.2 Å². The first-order valence-electron chi connectivity index (χ1n) is 5.90. The number of hydrogen-bond acceptors (Lipinski definition) is 3. The van der Waals surface area contributed by atoms with Crippen LogP contribution in [0.4, 0.5) is 0 Å². The predicted molar refractivity (Wildman–Crippen MR) is 79.7 cm³/mol. The van der Waals surface area contributed by atoms with E-state index in [2.05, 4.69) is 0 Å². The monoisotopic (exact) mass is 308 g/mol. The van der Waals surface area contributed by atoms with Crippen LogP contribution in [0.3, 0.4) is 0 Å². The molecule has 104 valence electrons. The highest BCUT2D eigenvalue weighted by Crippen LogP contribution is 2.21. The largest absolute Gasteiger partial charge is 0.385 e. The molecular weight excluding hydrogens is 296 g/mol. The van der Waals surface area contributed by atoms with Gasteiger partial charge in [0, 0.05) is 0 Å². The minimum absolute atomic E-state index is 0.0943. The lowest BCUT2D eigenvalue weighted by atomic mass is 10.2. The van der Waals surface area contributed by atoms with Crippen LogP contribution in [0.15, 0.2) is 65.8 Å². The molecule has 2 aromatic carbocycles. The highest BCUT2D eigenvalue weighted by Gasteiger charge is 2.14. The Morgan fingerprint density at radius 2 is 1.65 bits per heavy atom. The second-order valence-corrected chi connectivity index (χ2v) is 6.17. The zero-order valence-corrected chi connectivity index (χ0v) is 12.4. The Balaban J connectivity index is 2.19. The Morgan fingerprint density at radius 1 is 1.05 bits per heavy atom. The SMILES string of the molecule is Cc1ccc(S(=O)(=O)O/C=C(/Cl)c2ccccc2)cc1. The average Bonchev–Trinajstić information content (AvgIpc) is 2.46. The van der Waals surface area contributed by atoms with E-state index in [-0.39, 0.29) is 9.93 Å². The van der Waals surface area contributed by atoms with Gasteiger partial charge in [-0.25, -0.2) is 0 Å². The van der Waals surface area contributed by atoms with Crippen LogP contribution < -0.4 is 0 Å². The summed E-state index contributed by atoms with van der Waals surface area (Å²) < 4.78 is 28.8. The Morgan fingerprint density at radius 3 is 2.25 bits per heavy atom. The smallest absolute Gasteiger partial charge is 0.338 e. The van der Waals surface area contributed by atoms with Gasteiger partial charge in [-0.05, 0) is 24.6 Å². The standard InChI is InChI=1S/C15H13ClO3S/c1-12-7-9-14(10-8-12)20(17,18)19-11-15(16)13-5-3-2-4-6-13/h2-11H,1H3/b15-11+. The Kier molecular flexibility index (Phi) is 4.47. The molecule has 0 aromatic heterocycles. The van der Waals surface area contributed by atoms with E-state index < -0.39 is 10.1 Å². The van der Waals surface area contributed by atoms with Crippen molar-refractivity contribution in [1.82, 2.24) is 0 Å². The maximum atomic E-state index is 12.0. The summed E-state index contributed by atoms with van der Waals surface area (Å²) in [6.45, 7) is 1.88. The normalized spacial score (nSPS) is 12.2. The fraction of sp³-hybridized carbons (Fsp3) is 0.0667. The fourth-order valence-electron chi connectivity index (χ4n) is 1.53. The summed E-state index contributed by atoms with van der Waals surface area (Å²) in [7, 11) is -3.84. The number of rotatable bonds is 4. The molecule has 0 fully saturated rings. The molecule has 0 saturated carbocycles. The quantitative estimate of drug-likeness (QED) is 0.635. The molecule has 0 aliphatic heterocycles. The van der Waals surface area contributed by atoms with Gasteiger partial charge in [0.25, 0.3) is 0 Å². The van der Waals surface area contributed by atoms with E-state index in [1.165, 1.54) is 12.1 Å². The summed E-state index contributed by atoms with van der Waals surface area (Å²) >= 11 is 6.00. The molecule has 5 heteroatoms. The van der Waals surface area contributed by atoms with Crippen molar-refractivity contribution in [3.05, 3.63) is 72.0 Å². The van der Waals surface area contributed by atoms with Crippen molar-refractivity contribution in [2.45, 2.75) is 11.8 Å². The van der Waals surface area contributed by atoms with Gasteiger partial charge in [-0.15, -0.1) is 0 Å². The van der Waals surface area contributed by atoms with Crippen molar-refractivity contribution in [2.75, 3.05) is 0 Å². The van der Waals surface area contributed by atoms with Crippen molar-refractivity contribution in [3.8, 4) is 0 Å². The third-order valence-electron chi connectivity index (χ3n) is 2.64. The number of halogens is 1. The van der Waals surface area contributed by atoms with Crippen LogP contribution in [-0.4, -0.2) is 8.42 Å². The van der Waals surface area contributed by atoms with E-state index in [9.17, 15) is 8.42 Å². The third kappa shape index (κ3) is 3.62. The lowest BCUT2D eigenvalue weighted by Gasteiger charge is -2.04. The molecule has 0 saturated heterocycles. The maximum Gasteiger partial charge on any atom is 0.338 e. The van der Waals surface area contributed by atoms with Crippen molar-refractivity contribution in [2.24, 2.45) is 0 Å². The Labute approximate surface area is 123 Å². The predicted octanol–water partition coefficient (Wildman–Crippen LogP) is 3.94. The number of aryl methyl sites for hydroxylation is 1. The highest BCUT2D eigenvalue weighted by molar-refractivity contribution is 7.86. The molecular formula is C15H13ClO3S. The first-order chi connectivity index (χ1) is 9.49. The molecule has 2 aromatic rings. The summed E-state index contributed by atoms with van der Waals surface area (Å²) in [5.74, 6) is 0. The highest BCUT2D eigenvalue weighted by atomic mass is 35.5. The van der Waals surface area contributed by atoms with Gasteiger partial charge in [-0.3, -0.25) is 0 Å². The van der Waals surface area contributed by atoms with E-state index in [0.717, 1.165) is 11.8 Å². The Hall–Kier alpha value is -1.78. The maximum absolute atomic E-state index is 12.0. The molecule has 0 aliphatic carbocycles. The zero-order chi connectivity index (χ0) is 14.6. The van der Waals surface area contributed by atoms with Crippen LogP contribution in [0, 0.1) is 6.92 Å². The molecule has 0 heterocycles. The first-order valence-corrected chi connectivity index (χ1v) is 7.69. The molecule has 2 rings (SSSR count). The number of hydrogen-bond donors (Lipinski definition) is 0. The second-order valence-electron chi connectivity index (χ2n) is 4.20. The molecule has 0 bridgehead atoms. The summed E-state index contributed by atoms with van der Waals surface area (Å²) in [5, 5.41) is 0.223. The van der Waals surface area contributed by atoms with E-state index in [1.807, 2.05) is 13.0 Å². The van der Waals surface area contributed by atoms with Crippen molar-refractivity contribution >= 4 is 26.8 Å². The lowest BCUT2D eigenvalue weighted by molar-refractivity contribution is 0.445. The van der Waals surface area contributed by atoms with E-state index in [0.29, 0.717) is 5.56 Å². The molecule has 0 N–H and O–H groups in total. The van der Waals surface area contributed by atoms with Crippen molar-refractivity contribution in [3.63, 3.8) is 0 Å². The Bertz CT molecular complexity index is 705. The molecule has 0 unspecified atom stereocenters. The third-order valence-corrected chi connectivity index (χ3v) is 4.14. The second kappa shape index (κ2) is 6.11. The van der Waals surface area contributed by atoms with Crippen LogP contribution in [0.5, 0.6) is 0 Å². The van der Waals surface area contributed by atoms with E-state index >= 15 is 0 Å². The fourth-order valence-corrected chi connectivity index (χ4v) is 2.56. The molecule has 0 amide bonds. The summed E-state index contributed by atoms with van der Waals surface area (Å²) in [6, 6.07) is 15.4. The van der Waals surface area contributed by atoms with E-state index in [1.54, 1.807) is 36.4 Å². The van der Waals surface area contributed by atoms with Crippen molar-refractivity contribution < 1.29 is 12.6 Å². The van der Waals surface area contributed by atoms with Gasteiger partial charge in [-0.2, -0.15) is 8.42 Å². The molecule has 0 radical (unpaired) electrons. The van der Waals surface area contributed by atoms with Crippen LogP contribution in [-0.2, 0) is 14.3 Å². The summed E-state index contributed by atoms with van der Waals surface area (Å²) in [6.07, 6.45) is 1.03. The van der Waals surface area contributed by atoms with Gasteiger partial charge < -0.3 is 4.18 Å². The van der Waals surface area contributed by atoms with Crippen LogP contribution in [0.25, 0.3) is 5.03 Å². The molecule has 0 aliphatic rings. The van der Waals surface area contributed by atoms with Gasteiger partial charge in [0.2, 0.25) is 0 Å². The van der Waals surface area contributed by atoms with Crippen molar-refractivity contribution in [1.29, 1.82) is 0 Å². The van der Waals surface area contributed by atoms with Gasteiger partial charge in [0.15, 0.2) is 0 Å². The average molecular weight is 309 g/mol. The summed E-state index contributed by atoms with van der Waals surface area (Å²) in [4.78, 5) is 0.0943. The molecule has 3 nitrogen and oxygen atoms in total. The minimum Gasteiger partial charge on any atom is -0.385 e. The molecule has 20 heavy (non-hydrogen) atoms. The molecule has 0 spiro atoms. The molecule has 0 atom stereocenters. The first kappa shape index (κ1) is 14.6. The van der Waals surface area contributed by atoms with Crippen LogP contribution in [0.1, 0.15) is 11.1 Å². The van der Waals surface area contributed by atoms with Gasteiger partial charge in [0.05, 0.1) is 5.03 Å². The number of benzene rings is 2. The van der Waals surface area contributed by atoms with E-state index in [4.69, 9.17) is 15.8 Å². The van der Waals surface area contributed by atoms with Gasteiger partial charge >= 0.3 is 10.1 Å². The van der Waals surface area contributed by atoms with Crippen LogP contribution >= 0.6 is 11.6 Å². The van der Waals surface area contributed by atoms with Crippen LogP contribution in [0.2, 0.25) is 0 Å². The topological polar surface area (TPSA) is 43.4 Å². The van der Waals surface area contributed by atoms with Gasteiger partial charge in [-0.1, -0.05) is 59.6 Å². The summed E-state index contributed by atoms with van der Waals surface area (Å²) in [5.41, 5.74) is 1.66. The minimum atomic E-state index is -3.84.